The number of carbonyl (C=O) groups is 1. The summed E-state index contributed by atoms with van der Waals surface area (Å²) in [6.45, 7) is 4.50. The molecule has 0 saturated carbocycles. The Morgan fingerprint density at radius 3 is 2.96 bits per heavy atom. The normalized spacial score (nSPS) is 11.1. The average Bonchev–Trinajstić information content (AvgIpc) is 3.18. The second kappa shape index (κ2) is 6.87. The Morgan fingerprint density at radius 2 is 2.25 bits per heavy atom. The van der Waals surface area contributed by atoms with Crippen molar-refractivity contribution < 1.29 is 4.79 Å². The molecule has 0 bridgehead atoms. The summed E-state index contributed by atoms with van der Waals surface area (Å²) in [5.41, 5.74) is 0.516. The fraction of sp³-hybridized carbons (Fsp3) is 0.429. The fourth-order valence-corrected chi connectivity index (χ4v) is 3.47. The maximum atomic E-state index is 12.7. The molecule has 0 aliphatic heterocycles. The van der Waals surface area contributed by atoms with Gasteiger partial charge >= 0.3 is 0 Å². The Bertz CT molecular complexity index is 913. The van der Waals surface area contributed by atoms with Crippen LogP contribution >= 0.6 is 11.3 Å². The Labute approximate surface area is 141 Å². The Hall–Kier alpha value is -2.62. The van der Waals surface area contributed by atoms with Gasteiger partial charge in [-0.15, -0.1) is 16.4 Å². The number of rotatable bonds is 6. The van der Waals surface area contributed by atoms with Crippen LogP contribution in [-0.4, -0.2) is 36.1 Å². The van der Waals surface area contributed by atoms with E-state index < -0.39 is 0 Å². The number of thiophene rings is 1. The molecule has 0 unspecified atom stereocenters. The lowest BCUT2D eigenvalue weighted by molar-refractivity contribution is 0.102. The van der Waals surface area contributed by atoms with Crippen LogP contribution in [0.4, 0.5) is 5.95 Å². The molecule has 3 rings (SSSR count). The van der Waals surface area contributed by atoms with E-state index in [1.54, 1.807) is 17.8 Å². The van der Waals surface area contributed by atoms with Gasteiger partial charge in [-0.25, -0.2) is 4.98 Å². The van der Waals surface area contributed by atoms with Gasteiger partial charge in [0.05, 0.1) is 16.6 Å². The lowest BCUT2D eigenvalue weighted by Gasteiger charge is -2.04. The number of tetrazole rings is 1. The number of H-pyrrole nitrogens is 1. The fourth-order valence-electron chi connectivity index (χ4n) is 2.44. The third-order valence-corrected chi connectivity index (χ3v) is 4.90. The summed E-state index contributed by atoms with van der Waals surface area (Å²) < 4.78 is 1.61. The molecule has 0 spiro atoms. The molecule has 2 N–H and O–H groups in total. The zero-order valence-electron chi connectivity index (χ0n) is 13.4. The number of anilines is 1. The van der Waals surface area contributed by atoms with Crippen molar-refractivity contribution >= 4 is 33.4 Å². The molecule has 24 heavy (non-hydrogen) atoms. The highest BCUT2D eigenvalue weighted by Crippen LogP contribution is 2.27. The van der Waals surface area contributed by atoms with Crippen LogP contribution in [0.3, 0.4) is 0 Å². The summed E-state index contributed by atoms with van der Waals surface area (Å²) in [7, 11) is 0. The molecular formula is C14H17N7O2S. The van der Waals surface area contributed by atoms with Crippen LogP contribution in [0.2, 0.25) is 0 Å². The van der Waals surface area contributed by atoms with Crippen LogP contribution in [0.25, 0.3) is 10.2 Å². The molecule has 0 aromatic carbocycles. The summed E-state index contributed by atoms with van der Waals surface area (Å²) >= 11 is 1.18. The molecule has 0 radical (unpaired) electrons. The van der Waals surface area contributed by atoms with Gasteiger partial charge in [0.15, 0.2) is 0 Å². The van der Waals surface area contributed by atoms with Crippen LogP contribution in [0.5, 0.6) is 0 Å². The maximum absolute atomic E-state index is 12.7. The van der Waals surface area contributed by atoms with Crippen molar-refractivity contribution in [2.24, 2.45) is 0 Å². The number of hydrogen-bond acceptors (Lipinski definition) is 7. The van der Waals surface area contributed by atoms with Crippen molar-refractivity contribution in [2.75, 3.05) is 5.32 Å². The molecule has 126 valence electrons. The van der Waals surface area contributed by atoms with Gasteiger partial charge in [-0.05, 0) is 24.1 Å². The summed E-state index contributed by atoms with van der Waals surface area (Å²) in [6.07, 6.45) is 4.63. The molecule has 0 aliphatic carbocycles. The van der Waals surface area contributed by atoms with Gasteiger partial charge in [-0.1, -0.05) is 24.9 Å². The average molecular weight is 347 g/mol. The van der Waals surface area contributed by atoms with Gasteiger partial charge < -0.3 is 0 Å². The standard InChI is InChI=1S/C14H17N7O2S/c1-3-4-5-6-21-7-15-12-9(13(21)23)8(2)10(24-12)11(22)16-14-17-19-20-18-14/h7H,3-6H2,1-2H3,(H2,16,17,18,19,20,22). The van der Waals surface area contributed by atoms with Crippen LogP contribution < -0.4 is 10.9 Å². The predicted molar refractivity (Wildman–Crippen MR) is 90.3 cm³/mol. The van der Waals surface area contributed by atoms with Crippen molar-refractivity contribution in [3.63, 3.8) is 0 Å². The quantitative estimate of drug-likeness (QED) is 0.655. The Morgan fingerprint density at radius 1 is 1.42 bits per heavy atom. The van der Waals surface area contributed by atoms with E-state index in [0.29, 0.717) is 27.2 Å². The van der Waals surface area contributed by atoms with Gasteiger partial charge in [-0.2, -0.15) is 5.21 Å². The van der Waals surface area contributed by atoms with E-state index in [2.05, 4.69) is 37.8 Å². The minimum absolute atomic E-state index is 0.0850. The van der Waals surface area contributed by atoms with E-state index in [9.17, 15) is 9.59 Å². The van der Waals surface area contributed by atoms with E-state index in [4.69, 9.17) is 0 Å². The molecule has 0 aliphatic rings. The van der Waals surface area contributed by atoms with Gasteiger partial charge in [0.25, 0.3) is 17.4 Å². The minimum atomic E-state index is -0.381. The van der Waals surface area contributed by atoms with Crippen molar-refractivity contribution in [2.45, 2.75) is 39.7 Å². The van der Waals surface area contributed by atoms with Crippen LogP contribution in [0, 0.1) is 6.92 Å². The molecule has 3 heterocycles. The third kappa shape index (κ3) is 3.04. The smallest absolute Gasteiger partial charge is 0.270 e. The third-order valence-electron chi connectivity index (χ3n) is 3.70. The second-order valence-corrected chi connectivity index (χ2v) is 6.38. The number of nitrogens with zero attached hydrogens (tertiary/aromatic N) is 5. The lowest BCUT2D eigenvalue weighted by Crippen LogP contribution is -2.20. The molecule has 3 aromatic heterocycles. The predicted octanol–water partition coefficient (Wildman–Crippen LogP) is 1.72. The van der Waals surface area contributed by atoms with E-state index in [1.165, 1.54) is 11.3 Å². The second-order valence-electron chi connectivity index (χ2n) is 5.38. The minimum Gasteiger partial charge on any atom is -0.299 e. The number of aromatic nitrogens is 6. The van der Waals surface area contributed by atoms with E-state index >= 15 is 0 Å². The van der Waals surface area contributed by atoms with Crippen LogP contribution in [0.1, 0.15) is 41.4 Å². The first-order chi connectivity index (χ1) is 11.6. The highest BCUT2D eigenvalue weighted by molar-refractivity contribution is 7.20. The molecule has 10 heteroatoms. The highest BCUT2D eigenvalue weighted by atomic mass is 32.1. The van der Waals surface area contributed by atoms with Crippen molar-refractivity contribution in [3.8, 4) is 0 Å². The summed E-state index contributed by atoms with van der Waals surface area (Å²) in [5, 5.41) is 16.0. The van der Waals surface area contributed by atoms with Crippen molar-refractivity contribution in [1.29, 1.82) is 0 Å². The number of carbonyl (C=O) groups excluding carboxylic acids is 1. The highest BCUT2D eigenvalue weighted by Gasteiger charge is 2.20. The number of nitrogens with one attached hydrogen (secondary N) is 2. The molecule has 3 aromatic rings. The van der Waals surface area contributed by atoms with E-state index in [0.717, 1.165) is 19.3 Å². The summed E-state index contributed by atoms with van der Waals surface area (Å²) in [4.78, 5) is 30.3. The number of fused-ring (bicyclic) bond motifs is 1. The monoisotopic (exact) mass is 347 g/mol. The first kappa shape index (κ1) is 16.2. The van der Waals surface area contributed by atoms with Crippen LogP contribution in [0.15, 0.2) is 11.1 Å². The number of unbranched alkanes of at least 4 members (excludes halogenated alkanes) is 2. The van der Waals surface area contributed by atoms with Crippen molar-refractivity contribution in [3.05, 3.63) is 27.1 Å². The number of aromatic amines is 1. The molecule has 0 saturated heterocycles. The molecule has 0 atom stereocenters. The number of hydrogen-bond donors (Lipinski definition) is 2. The summed E-state index contributed by atoms with van der Waals surface area (Å²) in [6, 6.07) is 0. The number of aryl methyl sites for hydroxylation is 2. The lowest BCUT2D eigenvalue weighted by atomic mass is 10.2. The molecule has 0 fully saturated rings. The molecule has 1 amide bonds. The van der Waals surface area contributed by atoms with Gasteiger partial charge in [0, 0.05) is 6.54 Å². The Balaban J connectivity index is 1.93. The molecule has 9 nitrogen and oxygen atoms in total. The van der Waals surface area contributed by atoms with Gasteiger partial charge in [0.1, 0.15) is 4.83 Å². The SMILES string of the molecule is CCCCCn1cnc2sc(C(=O)Nc3nn[nH]n3)c(C)c2c1=O. The number of amides is 1. The van der Waals surface area contributed by atoms with Crippen molar-refractivity contribution in [1.82, 2.24) is 30.2 Å². The zero-order valence-corrected chi connectivity index (χ0v) is 14.2. The maximum Gasteiger partial charge on any atom is 0.270 e. The van der Waals surface area contributed by atoms with Crippen LogP contribution in [-0.2, 0) is 6.54 Å². The first-order valence-corrected chi connectivity index (χ1v) is 8.46. The zero-order chi connectivity index (χ0) is 17.1. The molecular weight excluding hydrogens is 330 g/mol. The van der Waals surface area contributed by atoms with Gasteiger partial charge in [-0.3, -0.25) is 19.5 Å². The summed E-state index contributed by atoms with van der Waals surface area (Å²) in [5.74, 6) is -0.296. The topological polar surface area (TPSA) is 118 Å². The first-order valence-electron chi connectivity index (χ1n) is 7.65. The Kier molecular flexibility index (Phi) is 4.65. The van der Waals surface area contributed by atoms with E-state index in [1.807, 2.05) is 0 Å². The van der Waals surface area contributed by atoms with Gasteiger partial charge in [0.2, 0.25) is 0 Å². The van der Waals surface area contributed by atoms with E-state index in [-0.39, 0.29) is 17.4 Å². The largest absolute Gasteiger partial charge is 0.299 e.